The summed E-state index contributed by atoms with van der Waals surface area (Å²) in [5, 5.41) is 10.7. The summed E-state index contributed by atoms with van der Waals surface area (Å²) in [7, 11) is -1.21. The van der Waals surface area contributed by atoms with E-state index in [1.807, 2.05) is 48.6 Å². The average Bonchev–Trinajstić information content (AvgIpc) is 1.53. The number of rotatable bonds is 15. The number of carbonyl (C=O) groups is 12. The molecule has 10 amide bonds. The first-order valence-electron chi connectivity index (χ1n) is 43.9. The number of ether oxygens (including phenoxy) is 2. The number of likely N-dealkylation sites (N-methyl/N-ethyl adjacent to an activating group) is 4. The number of fused-ring (bicyclic) bond motifs is 15. The van der Waals surface area contributed by atoms with Gasteiger partial charge in [-0.1, -0.05) is 61.5 Å². The zero-order valence-corrected chi connectivity index (χ0v) is 79.3. The predicted octanol–water partition coefficient (Wildman–Crippen LogP) is 6.14. The predicted molar refractivity (Wildman–Crippen MR) is 496 cm³/mol. The van der Waals surface area contributed by atoms with Gasteiger partial charge in [-0.15, -0.1) is 0 Å². The number of H-pyrrole nitrogens is 3. The second kappa shape index (κ2) is 42.3. The van der Waals surface area contributed by atoms with E-state index in [1.165, 1.54) is 80.7 Å². The zero-order valence-electron chi connectivity index (χ0n) is 77.7. The van der Waals surface area contributed by atoms with E-state index in [0.717, 1.165) is 78.2 Å². The quantitative estimate of drug-likeness (QED) is 0.0188. The van der Waals surface area contributed by atoms with Gasteiger partial charge in [0.25, 0.3) is 32.1 Å². The van der Waals surface area contributed by atoms with Crippen LogP contribution in [0, 0.1) is 37.5 Å². The van der Waals surface area contributed by atoms with Crippen LogP contribution in [0.4, 0.5) is 5.69 Å². The van der Waals surface area contributed by atoms with E-state index in [4.69, 9.17) is 34.6 Å². The average molecular weight is 1880 g/mol. The molecule has 39 nitrogen and oxygen atoms in total. The van der Waals surface area contributed by atoms with E-state index in [-0.39, 0.29) is 67.1 Å². The Morgan fingerprint density at radius 3 is 1.31 bits per heavy atom. The van der Waals surface area contributed by atoms with Crippen molar-refractivity contribution in [3.05, 3.63) is 128 Å². The lowest BCUT2D eigenvalue weighted by atomic mass is 9.98. The number of hydrogen-bond acceptors (Lipinski definition) is 26. The lowest BCUT2D eigenvalue weighted by Gasteiger charge is -2.36. The number of nitrogens with zero attached hydrogens (tertiary/aromatic N) is 9. The van der Waals surface area contributed by atoms with Crippen LogP contribution in [0.3, 0.4) is 0 Å². The van der Waals surface area contributed by atoms with Gasteiger partial charge < -0.3 is 85.2 Å². The number of nitrogens with two attached hydrogens (primary N) is 1. The minimum absolute atomic E-state index is 0.0476. The number of hydrogen-bond donors (Lipinski definition) is 8. The minimum atomic E-state index is -3.40. The summed E-state index contributed by atoms with van der Waals surface area (Å²) in [6.45, 7) is 18.5. The van der Waals surface area contributed by atoms with Crippen LogP contribution in [-0.2, 0) is 86.0 Å². The largest absolute Gasteiger partial charge is 0.458 e. The van der Waals surface area contributed by atoms with Gasteiger partial charge in [-0.2, -0.15) is 16.8 Å². The minimum Gasteiger partial charge on any atom is -0.458 e. The fourth-order valence-electron chi connectivity index (χ4n) is 16.6. The molecule has 133 heavy (non-hydrogen) atoms. The Bertz CT molecular complexity index is 6100. The number of esters is 2. The smallest absolute Gasteiger partial charge is 0.329 e. The van der Waals surface area contributed by atoms with Gasteiger partial charge in [0, 0.05) is 68.9 Å². The number of aromatic nitrogens is 6. The molecule has 1 aromatic carbocycles. The van der Waals surface area contributed by atoms with Crippen LogP contribution in [0.15, 0.2) is 82.0 Å². The Labute approximate surface area is 769 Å². The summed E-state index contributed by atoms with van der Waals surface area (Å²) in [4.78, 5) is 219. The summed E-state index contributed by atoms with van der Waals surface area (Å²) in [6, 6.07) is 12.7. The second-order valence-corrected chi connectivity index (χ2v) is 38.8. The third-order valence-electron chi connectivity index (χ3n) is 23.7. The summed E-state index contributed by atoms with van der Waals surface area (Å²) in [5.74, 6) is -12.4. The summed E-state index contributed by atoms with van der Waals surface area (Å²) >= 11 is 0. The van der Waals surface area contributed by atoms with Crippen molar-refractivity contribution >= 4 is 165 Å². The first kappa shape index (κ1) is 101. The van der Waals surface area contributed by atoms with Crippen molar-refractivity contribution < 1.29 is 96.6 Å². The van der Waals surface area contributed by atoms with Crippen LogP contribution >= 0.6 is 0 Å². The molecule has 10 bridgehead atoms. The van der Waals surface area contributed by atoms with Gasteiger partial charge in [-0.3, -0.25) is 61.1 Å². The van der Waals surface area contributed by atoms with Gasteiger partial charge in [0.05, 0.1) is 89.4 Å². The molecule has 0 spiro atoms. The third-order valence-corrected chi connectivity index (χ3v) is 24.9. The fraction of sp³-hybridized carbons (Fsp3) is 0.478. The van der Waals surface area contributed by atoms with Crippen molar-refractivity contribution in [2.45, 2.75) is 182 Å². The SMILES string of the molecule is C1=Cc2cc3ccc([nH]3)c3ccc(cc4nc(cc5ccc(cc1n2)[nH]5)C=C4)[nH]3.CS(=O)(=O)OCCCCOS(C)(=O)=O.Cc1c2oc3c(C)ccc(C(=O)N[C@@H]4C(=O)N[C@H](C(C)C)C(=O)N5CCC[C@H]5C(=O)N(C)CC(=O)N(C)[C@@H](C(C)C)C(=O)O[C@@H]4C)c3nc-2c(C(=O)N[C@@H]2C(=O)N[C@H](C(C)C)C(=O)N3CCC[C@H]3C(=O)N(C)CC(=O)N(C)[C@@H](C(C)C)C(=O)O[C@@H]2C)c(N)c1=O. The molecule has 1 aliphatic carbocycles. The monoisotopic (exact) mass is 1880 g/mol. The van der Waals surface area contributed by atoms with Gasteiger partial charge in [-0.05, 0) is 186 Å². The molecule has 4 fully saturated rings. The van der Waals surface area contributed by atoms with Gasteiger partial charge in [-0.25, -0.2) is 24.5 Å². The topological polar surface area (TPSA) is 520 Å². The lowest BCUT2D eigenvalue weighted by molar-refractivity contribution is -0.163. The van der Waals surface area contributed by atoms with Crippen LogP contribution in [0.25, 0.3) is 80.0 Å². The highest BCUT2D eigenvalue weighted by Crippen LogP contribution is 2.36. The van der Waals surface area contributed by atoms with Crippen LogP contribution in [0.1, 0.15) is 162 Å². The van der Waals surface area contributed by atoms with Gasteiger partial charge in [0.1, 0.15) is 71.8 Å². The maximum Gasteiger partial charge on any atom is 0.329 e. The van der Waals surface area contributed by atoms with Crippen molar-refractivity contribution in [2.24, 2.45) is 23.7 Å². The number of aryl methyl sites for hydroxylation is 1. The number of benzene rings is 2. The number of anilines is 1. The Morgan fingerprint density at radius 1 is 0.526 bits per heavy atom. The van der Waals surface area contributed by atoms with Crippen molar-refractivity contribution in [3.63, 3.8) is 0 Å². The summed E-state index contributed by atoms with van der Waals surface area (Å²) in [6.07, 6.45) is 9.23. The van der Waals surface area contributed by atoms with Crippen LogP contribution in [0.2, 0.25) is 0 Å². The number of cyclic esters (lactones) is 2. The Morgan fingerprint density at radius 2 is 0.917 bits per heavy atom. The van der Waals surface area contributed by atoms with E-state index in [2.05, 4.69) is 81.0 Å². The Balaban J connectivity index is 0.000000318. The number of carbonyl (C=O) groups excluding carboxylic acids is 12. The fourth-order valence-corrected chi connectivity index (χ4v) is 17.4. The lowest BCUT2D eigenvalue weighted by Crippen LogP contribution is -2.61. The molecule has 0 radical (unpaired) electrons. The van der Waals surface area contributed by atoms with Crippen LogP contribution in [0.5, 0.6) is 0 Å². The molecule has 41 heteroatoms. The number of amides is 10. The molecule has 4 aromatic heterocycles. The zero-order chi connectivity index (χ0) is 97.4. The molecule has 11 heterocycles. The maximum atomic E-state index is 15.2. The van der Waals surface area contributed by atoms with E-state index < -0.39 is 211 Å². The standard InChI is InChI=1S/C62H86N12O16.C24H17N5.C6H14O6S2/c1-27(2)42-59(84)73-23-17-19-36(73)57(82)69(13)25-38(75)71(15)48(29(5)6)61(86)88-33(11)44(55(80)65-42)67-53(78)35-22-21-31(9)51-46(35)64-47-40(41(63)50(77)32(10)52(47)90-51)54(79)68-45-34(12)89-62(87)49(30(7)8)72(16)39(76)26-70(14)58(83)37-20-18-24-74(37)60(85)43(28(3)4)66-56(45)81;1-2-16-12-18-4-6-20(27-18)14-22-8-10-24(29-22)23-9-7-21(28-23)13-19-5-3-17(26-19)11-15(1)25-16;1-13(7,8)11-5-3-4-6-12-14(2,9)10/h21-22,27-30,33-34,36-37,42-45,48-49H,17-20,23-26,63H2,1-16H3,(H,65,80)(H,66,81)(H,67,78)(H,68,79);1-14,25,28-29H;3-6H2,1-2H3/t33-,34-,36+,37+,42-,43-,44+,45+,48+,49+;;/m1../s1. The molecule has 13 rings (SSSR count). The van der Waals surface area contributed by atoms with Gasteiger partial charge in [0.2, 0.25) is 52.7 Å². The second-order valence-electron chi connectivity index (χ2n) is 35.5. The molecular weight excluding hydrogens is 1760 g/mol. The van der Waals surface area contributed by atoms with Crippen molar-refractivity contribution in [1.29, 1.82) is 0 Å². The summed E-state index contributed by atoms with van der Waals surface area (Å²) in [5.41, 5.74) is 13.4. The third kappa shape index (κ3) is 24.1. The highest BCUT2D eigenvalue weighted by Gasteiger charge is 2.47. The number of nitrogen functional groups attached to an aromatic ring is 1. The van der Waals surface area contributed by atoms with Crippen LogP contribution < -0.4 is 32.4 Å². The first-order chi connectivity index (χ1) is 62.6. The van der Waals surface area contributed by atoms with Crippen LogP contribution in [-0.4, -0.2) is 288 Å². The van der Waals surface area contributed by atoms with E-state index in [1.54, 1.807) is 62.3 Å². The first-order valence-corrected chi connectivity index (χ1v) is 47.6. The molecule has 714 valence electrons. The summed E-state index contributed by atoms with van der Waals surface area (Å²) < 4.78 is 69.0. The van der Waals surface area contributed by atoms with Gasteiger partial charge in [0.15, 0.2) is 11.3 Å². The highest BCUT2D eigenvalue weighted by molar-refractivity contribution is 7.86. The maximum absolute atomic E-state index is 15.2. The molecular formula is C92H117N17O22S2. The normalized spacial score (nSPS) is 21.8. The molecule has 0 saturated carbocycles. The van der Waals surface area contributed by atoms with Gasteiger partial charge >= 0.3 is 11.9 Å². The van der Waals surface area contributed by atoms with Crippen molar-refractivity contribution in [1.82, 2.24) is 80.6 Å². The number of unbranched alkanes of at least 4 members (excludes halogenated alkanes) is 1. The molecule has 8 aliphatic rings. The highest BCUT2D eigenvalue weighted by atomic mass is 32.2. The van der Waals surface area contributed by atoms with Crippen molar-refractivity contribution in [2.75, 3.05) is 85.8 Å². The van der Waals surface area contributed by atoms with E-state index in [9.17, 15) is 69.6 Å². The number of nitrogens with one attached hydrogen (secondary N) is 7. The molecule has 5 aromatic rings. The molecule has 7 aliphatic heterocycles. The molecule has 4 saturated heterocycles. The molecule has 0 unspecified atom stereocenters. The molecule has 10 atom stereocenters. The Hall–Kier alpha value is -13.0. The van der Waals surface area contributed by atoms with Crippen molar-refractivity contribution in [3.8, 4) is 11.5 Å². The number of aromatic amines is 3. The van der Waals surface area contributed by atoms with E-state index >= 15 is 9.59 Å². The molecule has 9 N–H and O–H groups in total. The Kier molecular flexibility index (Phi) is 31.9. The van der Waals surface area contributed by atoms with E-state index in [0.29, 0.717) is 31.2 Å².